The molecular weight excluding hydrogens is 328 g/mol. The number of fused-ring (bicyclic) bond motifs is 1. The lowest BCUT2D eigenvalue weighted by Crippen LogP contribution is -2.41. The number of anilines is 1. The van der Waals surface area contributed by atoms with Crippen LogP contribution in [0.5, 0.6) is 11.5 Å². The highest BCUT2D eigenvalue weighted by atomic mass is 16.7. The summed E-state index contributed by atoms with van der Waals surface area (Å²) in [6, 6.07) is 6.55. The molecule has 0 radical (unpaired) electrons. The second kappa shape index (κ2) is 7.19. The van der Waals surface area contributed by atoms with Crippen molar-refractivity contribution in [2.45, 2.75) is 52.7 Å². The van der Waals surface area contributed by atoms with E-state index in [1.165, 1.54) is 24.1 Å². The van der Waals surface area contributed by atoms with Gasteiger partial charge in [-0.05, 0) is 52.3 Å². The van der Waals surface area contributed by atoms with Gasteiger partial charge >= 0.3 is 0 Å². The Kier molecular flexibility index (Phi) is 4.76. The summed E-state index contributed by atoms with van der Waals surface area (Å²) in [7, 11) is 0. The van der Waals surface area contributed by atoms with E-state index < -0.39 is 0 Å². The number of aromatic nitrogens is 2. The van der Waals surface area contributed by atoms with E-state index in [1.54, 1.807) is 0 Å². The van der Waals surface area contributed by atoms with E-state index in [0.717, 1.165) is 49.1 Å². The zero-order chi connectivity index (χ0) is 18.1. The van der Waals surface area contributed by atoms with Gasteiger partial charge in [-0.25, -0.2) is 0 Å². The summed E-state index contributed by atoms with van der Waals surface area (Å²) in [5, 5.41) is 8.34. The molecule has 0 spiro atoms. The van der Waals surface area contributed by atoms with Gasteiger partial charge in [-0.3, -0.25) is 9.58 Å². The molecule has 26 heavy (non-hydrogen) atoms. The monoisotopic (exact) mass is 356 g/mol. The van der Waals surface area contributed by atoms with Gasteiger partial charge in [0.15, 0.2) is 11.5 Å². The average molecular weight is 356 g/mol. The number of rotatable bonds is 5. The molecule has 2 aliphatic rings. The Balaban J connectivity index is 1.41. The van der Waals surface area contributed by atoms with Gasteiger partial charge in [-0.15, -0.1) is 0 Å². The van der Waals surface area contributed by atoms with E-state index in [-0.39, 0.29) is 0 Å². The van der Waals surface area contributed by atoms with Crippen LogP contribution in [0.15, 0.2) is 18.2 Å². The lowest BCUT2D eigenvalue weighted by atomic mass is 10.0. The standard InChI is InChI=1S/C20H28N4O2/c1-4-24-15(3)18(14(2)22-24)12-23-9-5-6-17(11-23)21-16-7-8-19-20(10-16)26-13-25-19/h7-8,10,17,21H,4-6,9,11-13H2,1-3H3. The Bertz CT molecular complexity index is 786. The molecule has 1 unspecified atom stereocenters. The average Bonchev–Trinajstić information content (AvgIpc) is 3.21. The fourth-order valence-electron chi connectivity index (χ4n) is 4.03. The van der Waals surface area contributed by atoms with Crippen molar-refractivity contribution in [3.63, 3.8) is 0 Å². The Morgan fingerprint density at radius 2 is 2.08 bits per heavy atom. The third kappa shape index (κ3) is 3.38. The van der Waals surface area contributed by atoms with Crippen molar-refractivity contribution >= 4 is 5.69 Å². The Hall–Kier alpha value is -2.21. The molecule has 1 atom stereocenters. The van der Waals surface area contributed by atoms with Gasteiger partial charge in [-0.1, -0.05) is 0 Å². The normalized spacial score (nSPS) is 19.7. The molecule has 2 aliphatic heterocycles. The minimum atomic E-state index is 0.320. The van der Waals surface area contributed by atoms with Crippen LogP contribution in [0.25, 0.3) is 0 Å². The van der Waals surface area contributed by atoms with Crippen LogP contribution in [0, 0.1) is 13.8 Å². The van der Waals surface area contributed by atoms with Crippen molar-refractivity contribution in [3.05, 3.63) is 35.2 Å². The van der Waals surface area contributed by atoms with Crippen molar-refractivity contribution in [2.75, 3.05) is 25.2 Å². The van der Waals surface area contributed by atoms with E-state index in [9.17, 15) is 0 Å². The van der Waals surface area contributed by atoms with Crippen LogP contribution < -0.4 is 14.8 Å². The second-order valence-electron chi connectivity index (χ2n) is 7.25. The molecule has 0 bridgehead atoms. The zero-order valence-electron chi connectivity index (χ0n) is 15.9. The molecule has 1 fully saturated rings. The van der Waals surface area contributed by atoms with Gasteiger partial charge in [0.2, 0.25) is 6.79 Å². The summed E-state index contributed by atoms with van der Waals surface area (Å²) in [5.41, 5.74) is 4.95. The third-order valence-electron chi connectivity index (χ3n) is 5.46. The first-order chi connectivity index (χ1) is 12.6. The molecule has 140 valence electrons. The predicted octanol–water partition coefficient (Wildman–Crippen LogP) is 3.33. The fraction of sp³-hybridized carbons (Fsp3) is 0.550. The highest BCUT2D eigenvalue weighted by Crippen LogP contribution is 2.34. The summed E-state index contributed by atoms with van der Waals surface area (Å²) < 4.78 is 13.0. The first-order valence-electron chi connectivity index (χ1n) is 9.55. The van der Waals surface area contributed by atoms with Gasteiger partial charge in [0.1, 0.15) is 0 Å². The quantitative estimate of drug-likeness (QED) is 0.891. The van der Waals surface area contributed by atoms with Gasteiger partial charge in [0, 0.05) is 48.7 Å². The van der Waals surface area contributed by atoms with E-state index in [1.807, 2.05) is 12.1 Å². The highest BCUT2D eigenvalue weighted by molar-refractivity contribution is 5.56. The topological polar surface area (TPSA) is 51.6 Å². The molecule has 4 rings (SSSR count). The summed E-state index contributed by atoms with van der Waals surface area (Å²) in [6.45, 7) is 10.9. The number of likely N-dealkylation sites (tertiary alicyclic amines) is 1. The predicted molar refractivity (Wildman–Crippen MR) is 102 cm³/mol. The smallest absolute Gasteiger partial charge is 0.231 e. The van der Waals surface area contributed by atoms with Crippen molar-refractivity contribution in [1.29, 1.82) is 0 Å². The molecular formula is C20H28N4O2. The number of ether oxygens (including phenoxy) is 2. The van der Waals surface area contributed by atoms with Crippen molar-refractivity contribution in [1.82, 2.24) is 14.7 Å². The number of nitrogens with zero attached hydrogens (tertiary/aromatic N) is 3. The molecule has 2 aromatic rings. The number of nitrogens with one attached hydrogen (secondary N) is 1. The fourth-order valence-corrected chi connectivity index (χ4v) is 4.03. The number of hydrogen-bond acceptors (Lipinski definition) is 5. The van der Waals surface area contributed by atoms with Crippen LogP contribution in [-0.4, -0.2) is 40.6 Å². The first-order valence-corrected chi connectivity index (χ1v) is 9.55. The van der Waals surface area contributed by atoms with Crippen molar-refractivity contribution in [3.8, 4) is 11.5 Å². The Labute approximate surface area is 155 Å². The maximum absolute atomic E-state index is 5.49. The van der Waals surface area contributed by atoms with Crippen molar-refractivity contribution in [2.24, 2.45) is 0 Å². The minimum absolute atomic E-state index is 0.320. The Morgan fingerprint density at radius 3 is 2.88 bits per heavy atom. The van der Waals surface area contributed by atoms with Crippen LogP contribution in [-0.2, 0) is 13.1 Å². The Morgan fingerprint density at radius 1 is 1.23 bits per heavy atom. The van der Waals surface area contributed by atoms with E-state index >= 15 is 0 Å². The summed E-state index contributed by atoms with van der Waals surface area (Å²) in [6.07, 6.45) is 2.40. The number of piperidine rings is 1. The number of benzene rings is 1. The van der Waals surface area contributed by atoms with Crippen LogP contribution >= 0.6 is 0 Å². The largest absolute Gasteiger partial charge is 0.454 e. The molecule has 1 aromatic heterocycles. The second-order valence-corrected chi connectivity index (χ2v) is 7.25. The van der Waals surface area contributed by atoms with E-state index in [4.69, 9.17) is 9.47 Å². The van der Waals surface area contributed by atoms with Crippen LogP contribution in [0.3, 0.4) is 0 Å². The molecule has 1 saturated heterocycles. The summed E-state index contributed by atoms with van der Waals surface area (Å²) in [5.74, 6) is 1.67. The summed E-state index contributed by atoms with van der Waals surface area (Å²) >= 11 is 0. The molecule has 0 amide bonds. The molecule has 6 heteroatoms. The maximum atomic E-state index is 5.49. The van der Waals surface area contributed by atoms with E-state index in [0.29, 0.717) is 12.8 Å². The minimum Gasteiger partial charge on any atom is -0.454 e. The molecule has 1 N–H and O–H groups in total. The molecule has 1 aromatic carbocycles. The van der Waals surface area contributed by atoms with Gasteiger partial charge in [-0.2, -0.15) is 5.10 Å². The zero-order valence-corrected chi connectivity index (χ0v) is 15.9. The van der Waals surface area contributed by atoms with Crippen molar-refractivity contribution < 1.29 is 9.47 Å². The molecule has 0 saturated carbocycles. The third-order valence-corrected chi connectivity index (χ3v) is 5.46. The van der Waals surface area contributed by atoms with Crippen LogP contribution in [0.4, 0.5) is 5.69 Å². The summed E-state index contributed by atoms with van der Waals surface area (Å²) in [4.78, 5) is 2.55. The number of hydrogen-bond donors (Lipinski definition) is 1. The lowest BCUT2D eigenvalue weighted by Gasteiger charge is -2.33. The number of aryl methyl sites for hydroxylation is 2. The van der Waals surface area contributed by atoms with Gasteiger partial charge in [0.05, 0.1) is 5.69 Å². The SMILES string of the molecule is CCn1nc(C)c(CN2CCCC(Nc3ccc4c(c3)OCO4)C2)c1C. The van der Waals surface area contributed by atoms with Crippen LogP contribution in [0.2, 0.25) is 0 Å². The van der Waals surface area contributed by atoms with Crippen LogP contribution in [0.1, 0.15) is 36.7 Å². The lowest BCUT2D eigenvalue weighted by molar-refractivity contribution is 0.174. The van der Waals surface area contributed by atoms with Gasteiger partial charge in [0.25, 0.3) is 0 Å². The molecule has 0 aliphatic carbocycles. The first kappa shape index (κ1) is 17.2. The molecule has 3 heterocycles. The maximum Gasteiger partial charge on any atom is 0.231 e. The van der Waals surface area contributed by atoms with E-state index in [2.05, 4.69) is 46.8 Å². The highest BCUT2D eigenvalue weighted by Gasteiger charge is 2.23. The molecule has 6 nitrogen and oxygen atoms in total. The van der Waals surface area contributed by atoms with Gasteiger partial charge < -0.3 is 14.8 Å².